The lowest BCUT2D eigenvalue weighted by Crippen LogP contribution is -2.36. The molecule has 1 aromatic rings. The second kappa shape index (κ2) is 6.48. The Bertz CT molecular complexity index is 329. The third-order valence-electron chi connectivity index (χ3n) is 2.39. The van der Waals surface area contributed by atoms with Gasteiger partial charge < -0.3 is 20.9 Å². The van der Waals surface area contributed by atoms with Crippen molar-refractivity contribution in [2.75, 3.05) is 20.3 Å². The van der Waals surface area contributed by atoms with Gasteiger partial charge in [0.1, 0.15) is 5.75 Å². The second-order valence-electron chi connectivity index (χ2n) is 3.89. The van der Waals surface area contributed by atoms with Crippen LogP contribution in [0.1, 0.15) is 11.1 Å². The van der Waals surface area contributed by atoms with E-state index in [4.69, 9.17) is 15.6 Å². The molecule has 0 amide bonds. The Labute approximate surface area is 96.4 Å². The van der Waals surface area contributed by atoms with Crippen molar-refractivity contribution in [3.63, 3.8) is 0 Å². The normalized spacial score (nSPS) is 12.5. The van der Waals surface area contributed by atoms with E-state index in [-0.39, 0.29) is 12.6 Å². The molecule has 0 aliphatic heterocycles. The monoisotopic (exact) mass is 224 g/mol. The van der Waals surface area contributed by atoms with Crippen LogP contribution in [0.3, 0.4) is 0 Å². The molecule has 0 saturated carbocycles. The number of nitrogens with two attached hydrogens (primary N) is 1. The van der Waals surface area contributed by atoms with Gasteiger partial charge in [0.15, 0.2) is 0 Å². The fraction of sp³-hybridized carbons (Fsp3) is 0.500. The molecule has 90 valence electrons. The van der Waals surface area contributed by atoms with E-state index in [1.54, 1.807) is 7.11 Å². The molecule has 0 aliphatic rings. The van der Waals surface area contributed by atoms with E-state index >= 15 is 0 Å². The highest BCUT2D eigenvalue weighted by molar-refractivity contribution is 5.36. The van der Waals surface area contributed by atoms with Crippen molar-refractivity contribution in [3.05, 3.63) is 29.3 Å². The van der Waals surface area contributed by atoms with Gasteiger partial charge in [0.2, 0.25) is 0 Å². The molecule has 4 heteroatoms. The molecule has 1 rings (SSSR count). The molecule has 0 heterocycles. The van der Waals surface area contributed by atoms with Crippen LogP contribution in [0.25, 0.3) is 0 Å². The summed E-state index contributed by atoms with van der Waals surface area (Å²) in [6.07, 6.45) is 0. The van der Waals surface area contributed by atoms with Crippen molar-refractivity contribution in [1.82, 2.24) is 5.32 Å². The highest BCUT2D eigenvalue weighted by Crippen LogP contribution is 2.19. The molecule has 1 unspecified atom stereocenters. The summed E-state index contributed by atoms with van der Waals surface area (Å²) in [6.45, 7) is 3.33. The highest BCUT2D eigenvalue weighted by Gasteiger charge is 2.04. The van der Waals surface area contributed by atoms with Crippen molar-refractivity contribution >= 4 is 0 Å². The zero-order chi connectivity index (χ0) is 12.0. The molecule has 0 saturated heterocycles. The Balaban J connectivity index is 2.55. The Morgan fingerprint density at radius 3 is 2.88 bits per heavy atom. The maximum Gasteiger partial charge on any atom is 0.123 e. The summed E-state index contributed by atoms with van der Waals surface area (Å²) in [5.41, 5.74) is 7.90. The van der Waals surface area contributed by atoms with Crippen molar-refractivity contribution in [1.29, 1.82) is 0 Å². The molecule has 0 aliphatic carbocycles. The van der Waals surface area contributed by atoms with Crippen LogP contribution in [0.15, 0.2) is 18.2 Å². The number of methoxy groups -OCH3 is 1. The number of aliphatic hydroxyl groups is 1. The highest BCUT2D eigenvalue weighted by atomic mass is 16.5. The van der Waals surface area contributed by atoms with E-state index in [9.17, 15) is 0 Å². The van der Waals surface area contributed by atoms with Gasteiger partial charge in [0.25, 0.3) is 0 Å². The average Bonchev–Trinajstić information content (AvgIpc) is 2.29. The smallest absolute Gasteiger partial charge is 0.123 e. The van der Waals surface area contributed by atoms with Gasteiger partial charge in [-0.2, -0.15) is 0 Å². The van der Waals surface area contributed by atoms with Crippen molar-refractivity contribution in [3.8, 4) is 5.75 Å². The summed E-state index contributed by atoms with van der Waals surface area (Å²) >= 11 is 0. The fourth-order valence-electron chi connectivity index (χ4n) is 1.50. The van der Waals surface area contributed by atoms with Crippen molar-refractivity contribution in [2.45, 2.75) is 19.5 Å². The lowest BCUT2D eigenvalue weighted by atomic mass is 10.1. The summed E-state index contributed by atoms with van der Waals surface area (Å²) in [5, 5.41) is 12.0. The molecule has 0 fully saturated rings. The molecule has 4 N–H and O–H groups in total. The number of aryl methyl sites for hydroxylation is 1. The maximum absolute atomic E-state index is 8.79. The Morgan fingerprint density at radius 1 is 1.50 bits per heavy atom. The van der Waals surface area contributed by atoms with Gasteiger partial charge in [0.05, 0.1) is 13.7 Å². The molecule has 1 aromatic carbocycles. The molecule has 1 atom stereocenters. The van der Waals surface area contributed by atoms with Gasteiger partial charge in [-0.3, -0.25) is 0 Å². The molecule has 0 aromatic heterocycles. The minimum atomic E-state index is -0.212. The zero-order valence-electron chi connectivity index (χ0n) is 9.86. The first-order valence-corrected chi connectivity index (χ1v) is 5.38. The van der Waals surface area contributed by atoms with E-state index in [2.05, 4.69) is 11.4 Å². The van der Waals surface area contributed by atoms with Crippen LogP contribution in [-0.2, 0) is 6.54 Å². The zero-order valence-corrected chi connectivity index (χ0v) is 9.86. The number of ether oxygens (including phenoxy) is 1. The molecular weight excluding hydrogens is 204 g/mol. The SMILES string of the molecule is COc1ccc(C)cc1CNCC(N)CO. The Kier molecular flexibility index (Phi) is 5.25. The van der Waals surface area contributed by atoms with E-state index in [0.717, 1.165) is 11.3 Å². The van der Waals surface area contributed by atoms with Gasteiger partial charge in [-0.25, -0.2) is 0 Å². The van der Waals surface area contributed by atoms with E-state index in [1.165, 1.54) is 5.56 Å². The first-order chi connectivity index (χ1) is 7.67. The molecular formula is C12H20N2O2. The largest absolute Gasteiger partial charge is 0.496 e. The minimum absolute atomic E-state index is 0.00203. The molecule has 0 spiro atoms. The predicted octanol–water partition coefficient (Wildman–Crippen LogP) is 0.413. The number of rotatable bonds is 6. The van der Waals surface area contributed by atoms with Gasteiger partial charge in [0, 0.05) is 24.7 Å². The van der Waals surface area contributed by atoms with Crippen LogP contribution in [0.4, 0.5) is 0 Å². The number of hydrogen-bond donors (Lipinski definition) is 3. The minimum Gasteiger partial charge on any atom is -0.496 e. The quantitative estimate of drug-likeness (QED) is 0.655. The Morgan fingerprint density at radius 2 is 2.25 bits per heavy atom. The van der Waals surface area contributed by atoms with Crippen LogP contribution in [-0.4, -0.2) is 31.4 Å². The van der Waals surface area contributed by atoms with Crippen molar-refractivity contribution in [2.24, 2.45) is 5.73 Å². The summed E-state index contributed by atoms with van der Waals surface area (Å²) in [7, 11) is 1.66. The maximum atomic E-state index is 8.79. The number of aliphatic hydroxyl groups excluding tert-OH is 1. The van der Waals surface area contributed by atoms with E-state index in [1.807, 2.05) is 19.1 Å². The van der Waals surface area contributed by atoms with Gasteiger partial charge in [-0.05, 0) is 13.0 Å². The van der Waals surface area contributed by atoms with Gasteiger partial charge in [-0.15, -0.1) is 0 Å². The van der Waals surface area contributed by atoms with Crippen LogP contribution >= 0.6 is 0 Å². The molecule has 0 bridgehead atoms. The van der Waals surface area contributed by atoms with Gasteiger partial charge >= 0.3 is 0 Å². The van der Waals surface area contributed by atoms with E-state index in [0.29, 0.717) is 13.1 Å². The standard InChI is InChI=1S/C12H20N2O2/c1-9-3-4-12(16-2)10(5-9)6-14-7-11(13)8-15/h3-5,11,14-15H,6-8,13H2,1-2H3. The second-order valence-corrected chi connectivity index (χ2v) is 3.89. The molecule has 0 radical (unpaired) electrons. The third kappa shape index (κ3) is 3.81. The topological polar surface area (TPSA) is 67.5 Å². The lowest BCUT2D eigenvalue weighted by Gasteiger charge is -2.12. The summed E-state index contributed by atoms with van der Waals surface area (Å²) in [5.74, 6) is 0.871. The van der Waals surface area contributed by atoms with Gasteiger partial charge in [-0.1, -0.05) is 17.7 Å². The van der Waals surface area contributed by atoms with Crippen LogP contribution < -0.4 is 15.8 Å². The fourth-order valence-corrected chi connectivity index (χ4v) is 1.50. The number of hydrogen-bond acceptors (Lipinski definition) is 4. The van der Waals surface area contributed by atoms with Crippen LogP contribution in [0.2, 0.25) is 0 Å². The van der Waals surface area contributed by atoms with Crippen LogP contribution in [0.5, 0.6) is 5.75 Å². The predicted molar refractivity (Wildman–Crippen MR) is 64.5 cm³/mol. The first kappa shape index (κ1) is 13.0. The summed E-state index contributed by atoms with van der Waals surface area (Å²) in [6, 6.07) is 5.84. The third-order valence-corrected chi connectivity index (χ3v) is 2.39. The summed E-state index contributed by atoms with van der Waals surface area (Å²) < 4.78 is 5.26. The van der Waals surface area contributed by atoms with Crippen molar-refractivity contribution < 1.29 is 9.84 Å². The number of nitrogens with one attached hydrogen (secondary N) is 1. The van der Waals surface area contributed by atoms with Crippen LogP contribution in [0, 0.1) is 6.92 Å². The summed E-state index contributed by atoms with van der Waals surface area (Å²) in [4.78, 5) is 0. The molecule has 16 heavy (non-hydrogen) atoms. The molecule has 4 nitrogen and oxygen atoms in total. The lowest BCUT2D eigenvalue weighted by molar-refractivity contribution is 0.262. The average molecular weight is 224 g/mol. The first-order valence-electron chi connectivity index (χ1n) is 5.38. The Hall–Kier alpha value is -1.10. The number of benzene rings is 1. The van der Waals surface area contributed by atoms with E-state index < -0.39 is 0 Å².